The van der Waals surface area contributed by atoms with Gasteiger partial charge in [0.1, 0.15) is 19.0 Å². The van der Waals surface area contributed by atoms with Crippen LogP contribution in [-0.2, 0) is 7.05 Å². The smallest absolute Gasteiger partial charge is 0.321 e. The Morgan fingerprint density at radius 2 is 2.38 bits per heavy atom. The van der Waals surface area contributed by atoms with E-state index in [1.165, 1.54) is 0 Å². The lowest BCUT2D eigenvalue weighted by Gasteiger charge is -2.17. The van der Waals surface area contributed by atoms with Crippen molar-refractivity contribution in [2.24, 2.45) is 7.05 Å². The summed E-state index contributed by atoms with van der Waals surface area (Å²) in [7, 11) is 1.89. The molecule has 1 saturated heterocycles. The number of hydrogen-bond donors (Lipinski definition) is 1. The van der Waals surface area contributed by atoms with Crippen LogP contribution in [-0.4, -0.2) is 47.1 Å². The lowest BCUT2D eigenvalue weighted by molar-refractivity contribution is 0.222. The number of benzene rings is 1. The van der Waals surface area contributed by atoms with Crippen molar-refractivity contribution in [2.75, 3.05) is 31.7 Å². The molecule has 0 spiro atoms. The molecule has 0 saturated carbocycles. The van der Waals surface area contributed by atoms with Crippen LogP contribution in [0.2, 0.25) is 0 Å². The molecule has 128 valence electrons. The number of carbonyl (C=O) groups excluding carboxylic acids is 1. The van der Waals surface area contributed by atoms with Crippen LogP contribution in [0, 0.1) is 0 Å². The minimum Gasteiger partial charge on any atom is -0.491 e. The van der Waals surface area contributed by atoms with Gasteiger partial charge in [-0.15, -0.1) is 0 Å². The van der Waals surface area contributed by atoms with Gasteiger partial charge in [-0.05, 0) is 24.1 Å². The number of aromatic nitrogens is 2. The van der Waals surface area contributed by atoms with Crippen molar-refractivity contribution in [1.29, 1.82) is 0 Å². The summed E-state index contributed by atoms with van der Waals surface area (Å²) in [6, 6.07) is 6.85. The molecule has 1 atom stereocenters. The Morgan fingerprint density at radius 3 is 3.12 bits per heavy atom. The summed E-state index contributed by atoms with van der Waals surface area (Å²) in [6.45, 7) is 0.857. The standard InChI is InChI=1S/C17H21FN4O2/c1-21-11-14(10-19-21)13-5-7-22(12-13)17(23)20-15-3-2-4-16(9-15)24-8-6-18/h2-4,9-11,13H,5-8,12H2,1H3,(H,20,23)/t13-/m1/s1. The molecule has 2 heterocycles. The number of aryl methyl sites for hydroxylation is 1. The Balaban J connectivity index is 1.57. The van der Waals surface area contributed by atoms with E-state index in [2.05, 4.69) is 10.4 Å². The molecular formula is C17H21FN4O2. The third kappa shape index (κ3) is 3.84. The molecule has 1 aromatic heterocycles. The van der Waals surface area contributed by atoms with E-state index in [4.69, 9.17) is 4.74 Å². The van der Waals surface area contributed by atoms with E-state index in [0.717, 1.165) is 12.0 Å². The van der Waals surface area contributed by atoms with Gasteiger partial charge in [0.2, 0.25) is 0 Å². The van der Waals surface area contributed by atoms with E-state index in [1.807, 2.05) is 19.4 Å². The number of anilines is 1. The Morgan fingerprint density at radius 1 is 1.50 bits per heavy atom. The highest BCUT2D eigenvalue weighted by atomic mass is 19.1. The summed E-state index contributed by atoms with van der Waals surface area (Å²) < 4.78 is 19.2. The van der Waals surface area contributed by atoms with Crippen LogP contribution in [0.5, 0.6) is 5.75 Å². The van der Waals surface area contributed by atoms with Crippen LogP contribution in [0.4, 0.5) is 14.9 Å². The van der Waals surface area contributed by atoms with Crippen LogP contribution < -0.4 is 10.1 Å². The first-order valence-corrected chi connectivity index (χ1v) is 7.99. The number of rotatable bonds is 5. The molecular weight excluding hydrogens is 311 g/mol. The topological polar surface area (TPSA) is 59.4 Å². The zero-order valence-electron chi connectivity index (χ0n) is 13.6. The molecule has 0 aliphatic carbocycles. The molecule has 7 heteroatoms. The summed E-state index contributed by atoms with van der Waals surface area (Å²) in [5.74, 6) is 0.865. The minimum absolute atomic E-state index is 0.0102. The molecule has 1 aliphatic rings. The van der Waals surface area contributed by atoms with Crippen LogP contribution >= 0.6 is 0 Å². The Labute approximate surface area is 140 Å². The average Bonchev–Trinajstić information content (AvgIpc) is 3.22. The summed E-state index contributed by atoms with van der Waals surface area (Å²) in [6.07, 6.45) is 4.79. The Hall–Kier alpha value is -2.57. The fraction of sp³-hybridized carbons (Fsp3) is 0.412. The van der Waals surface area contributed by atoms with E-state index in [0.29, 0.717) is 30.4 Å². The maximum absolute atomic E-state index is 12.4. The van der Waals surface area contributed by atoms with Gasteiger partial charge in [0.15, 0.2) is 0 Å². The molecule has 1 aromatic carbocycles. The van der Waals surface area contributed by atoms with Crippen molar-refractivity contribution < 1.29 is 13.9 Å². The number of alkyl halides is 1. The van der Waals surface area contributed by atoms with E-state index in [1.54, 1.807) is 33.8 Å². The van der Waals surface area contributed by atoms with Crippen molar-refractivity contribution in [1.82, 2.24) is 14.7 Å². The normalized spacial score (nSPS) is 17.1. The molecule has 1 N–H and O–H groups in total. The van der Waals surface area contributed by atoms with Crippen molar-refractivity contribution >= 4 is 11.7 Å². The second-order valence-corrected chi connectivity index (χ2v) is 5.87. The number of amides is 2. The molecule has 0 bridgehead atoms. The largest absolute Gasteiger partial charge is 0.491 e. The summed E-state index contributed by atoms with van der Waals surface area (Å²) in [4.78, 5) is 14.2. The zero-order chi connectivity index (χ0) is 16.9. The lowest BCUT2D eigenvalue weighted by Crippen LogP contribution is -2.32. The number of hydrogen-bond acceptors (Lipinski definition) is 3. The monoisotopic (exact) mass is 332 g/mol. The van der Waals surface area contributed by atoms with Gasteiger partial charge in [-0.2, -0.15) is 5.10 Å². The summed E-state index contributed by atoms with van der Waals surface area (Å²) >= 11 is 0. The fourth-order valence-corrected chi connectivity index (χ4v) is 2.89. The van der Waals surface area contributed by atoms with Gasteiger partial charge >= 0.3 is 6.03 Å². The van der Waals surface area contributed by atoms with Gasteiger partial charge in [0.25, 0.3) is 0 Å². The highest BCUT2D eigenvalue weighted by Gasteiger charge is 2.28. The fourth-order valence-electron chi connectivity index (χ4n) is 2.89. The minimum atomic E-state index is -0.542. The first-order valence-electron chi connectivity index (χ1n) is 7.99. The zero-order valence-corrected chi connectivity index (χ0v) is 13.6. The average molecular weight is 332 g/mol. The molecule has 2 amide bonds. The molecule has 0 radical (unpaired) electrons. The Kier molecular flexibility index (Phi) is 4.98. The summed E-state index contributed by atoms with van der Waals surface area (Å²) in [5, 5.41) is 7.06. The van der Waals surface area contributed by atoms with Gasteiger partial charge < -0.3 is 15.0 Å². The number of ether oxygens (including phenoxy) is 1. The van der Waals surface area contributed by atoms with Crippen molar-refractivity contribution in [3.8, 4) is 5.75 Å². The van der Waals surface area contributed by atoms with Crippen LogP contribution in [0.1, 0.15) is 17.9 Å². The summed E-state index contributed by atoms with van der Waals surface area (Å²) in [5.41, 5.74) is 1.80. The number of carbonyl (C=O) groups is 1. The highest BCUT2D eigenvalue weighted by Crippen LogP contribution is 2.27. The van der Waals surface area contributed by atoms with Gasteiger partial charge in [-0.25, -0.2) is 9.18 Å². The number of nitrogens with zero attached hydrogens (tertiary/aromatic N) is 3. The van der Waals surface area contributed by atoms with Crippen LogP contribution in [0.15, 0.2) is 36.7 Å². The number of likely N-dealkylation sites (tertiary alicyclic amines) is 1. The quantitative estimate of drug-likeness (QED) is 0.916. The Bertz CT molecular complexity index is 703. The molecule has 3 rings (SSSR count). The molecule has 1 aliphatic heterocycles. The van der Waals surface area contributed by atoms with E-state index < -0.39 is 6.67 Å². The van der Waals surface area contributed by atoms with Crippen LogP contribution in [0.3, 0.4) is 0 Å². The number of nitrogens with one attached hydrogen (secondary N) is 1. The maximum Gasteiger partial charge on any atom is 0.321 e. The van der Waals surface area contributed by atoms with Crippen molar-refractivity contribution in [2.45, 2.75) is 12.3 Å². The molecule has 1 fully saturated rings. The van der Waals surface area contributed by atoms with Crippen molar-refractivity contribution in [3.63, 3.8) is 0 Å². The predicted octanol–water partition coefficient (Wildman–Crippen LogP) is 2.79. The number of urea groups is 1. The van der Waals surface area contributed by atoms with E-state index in [9.17, 15) is 9.18 Å². The van der Waals surface area contributed by atoms with E-state index >= 15 is 0 Å². The second kappa shape index (κ2) is 7.33. The highest BCUT2D eigenvalue weighted by molar-refractivity contribution is 5.89. The molecule has 6 nitrogen and oxygen atoms in total. The first-order chi connectivity index (χ1) is 11.7. The maximum atomic E-state index is 12.4. The number of halogens is 1. The van der Waals surface area contributed by atoms with Gasteiger partial charge in [0.05, 0.1) is 6.20 Å². The second-order valence-electron chi connectivity index (χ2n) is 5.87. The third-order valence-electron chi connectivity index (χ3n) is 4.10. The van der Waals surface area contributed by atoms with Gasteiger partial charge in [0, 0.05) is 44.0 Å². The molecule has 0 unspecified atom stereocenters. The first kappa shape index (κ1) is 16.3. The van der Waals surface area contributed by atoms with Crippen molar-refractivity contribution in [3.05, 3.63) is 42.2 Å². The predicted molar refractivity (Wildman–Crippen MR) is 89.1 cm³/mol. The SMILES string of the molecule is Cn1cc([C@@H]2CCN(C(=O)Nc3cccc(OCCF)c3)C2)cn1. The van der Waals surface area contributed by atoms with E-state index in [-0.39, 0.29) is 12.6 Å². The molecule has 2 aromatic rings. The van der Waals surface area contributed by atoms with Crippen LogP contribution in [0.25, 0.3) is 0 Å². The lowest BCUT2D eigenvalue weighted by atomic mass is 10.0. The van der Waals surface area contributed by atoms with Gasteiger partial charge in [-0.3, -0.25) is 4.68 Å². The third-order valence-corrected chi connectivity index (χ3v) is 4.10. The van der Waals surface area contributed by atoms with Gasteiger partial charge in [-0.1, -0.05) is 6.07 Å². The molecule has 24 heavy (non-hydrogen) atoms.